The molecule has 1 saturated heterocycles. The van der Waals surface area contributed by atoms with E-state index < -0.39 is 5.72 Å². The fraction of sp³-hybridized carbons (Fsp3) is 0.500. The molecule has 2 heterocycles. The van der Waals surface area contributed by atoms with Crippen molar-refractivity contribution in [2.75, 3.05) is 20.3 Å². The van der Waals surface area contributed by atoms with Crippen molar-refractivity contribution >= 4 is 17.3 Å². The number of fused-ring (bicyclic) bond motifs is 4. The molecule has 1 aromatic rings. The van der Waals surface area contributed by atoms with Crippen molar-refractivity contribution in [1.82, 2.24) is 10.2 Å². The summed E-state index contributed by atoms with van der Waals surface area (Å²) in [4.78, 5) is 1.93. The molecule has 0 spiro atoms. The van der Waals surface area contributed by atoms with Gasteiger partial charge in [0.25, 0.3) is 0 Å². The summed E-state index contributed by atoms with van der Waals surface area (Å²) in [6.07, 6.45) is 0.716. The first kappa shape index (κ1) is 13.6. The van der Waals surface area contributed by atoms with Gasteiger partial charge in [-0.2, -0.15) is 0 Å². The fourth-order valence-electron chi connectivity index (χ4n) is 2.91. The maximum absolute atomic E-state index is 14.0. The van der Waals surface area contributed by atoms with Crippen molar-refractivity contribution in [2.45, 2.75) is 25.1 Å². The van der Waals surface area contributed by atoms with E-state index in [2.05, 4.69) is 5.32 Å². The van der Waals surface area contributed by atoms with E-state index in [0.29, 0.717) is 30.4 Å². The Balaban J connectivity index is 1.98. The minimum atomic E-state index is -0.638. The fourth-order valence-corrected chi connectivity index (χ4v) is 3.34. The molecule has 6 heteroatoms. The second-order valence-corrected chi connectivity index (χ2v) is 5.67. The summed E-state index contributed by atoms with van der Waals surface area (Å²) in [5.41, 5.74) is 0.192. The van der Waals surface area contributed by atoms with Gasteiger partial charge >= 0.3 is 0 Å². The van der Waals surface area contributed by atoms with Gasteiger partial charge in [0.05, 0.1) is 12.6 Å². The predicted molar refractivity (Wildman–Crippen MR) is 77.1 cm³/mol. The van der Waals surface area contributed by atoms with Crippen LogP contribution in [0.3, 0.4) is 0 Å². The van der Waals surface area contributed by atoms with Crippen LogP contribution in [-0.2, 0) is 4.74 Å². The van der Waals surface area contributed by atoms with E-state index in [0.717, 1.165) is 5.56 Å². The third-order valence-electron chi connectivity index (χ3n) is 3.91. The van der Waals surface area contributed by atoms with Gasteiger partial charge in [-0.05, 0) is 25.2 Å². The average Bonchev–Trinajstić information content (AvgIpc) is 2.39. The Morgan fingerprint density at radius 1 is 1.60 bits per heavy atom. The number of hydrogen-bond donors (Lipinski definition) is 1. The Morgan fingerprint density at radius 3 is 3.15 bits per heavy atom. The first-order valence-corrected chi connectivity index (χ1v) is 7.00. The predicted octanol–water partition coefficient (Wildman–Crippen LogP) is 2.20. The van der Waals surface area contributed by atoms with Crippen LogP contribution in [0.5, 0.6) is 5.75 Å². The van der Waals surface area contributed by atoms with Crippen LogP contribution < -0.4 is 10.1 Å². The van der Waals surface area contributed by atoms with Gasteiger partial charge in [0, 0.05) is 25.6 Å². The molecule has 0 aromatic heterocycles. The van der Waals surface area contributed by atoms with E-state index in [4.69, 9.17) is 21.7 Å². The van der Waals surface area contributed by atoms with E-state index in [9.17, 15) is 4.39 Å². The van der Waals surface area contributed by atoms with Gasteiger partial charge in [0.1, 0.15) is 0 Å². The van der Waals surface area contributed by atoms with Crippen molar-refractivity contribution in [3.05, 3.63) is 29.6 Å². The van der Waals surface area contributed by atoms with Crippen LogP contribution in [-0.4, -0.2) is 36.0 Å². The van der Waals surface area contributed by atoms with Crippen LogP contribution in [0.1, 0.15) is 24.9 Å². The van der Waals surface area contributed by atoms with Gasteiger partial charge < -0.3 is 19.7 Å². The van der Waals surface area contributed by atoms with Crippen LogP contribution >= 0.6 is 12.2 Å². The molecule has 2 bridgehead atoms. The number of halogens is 1. The molecule has 0 amide bonds. The average molecular weight is 296 g/mol. The zero-order valence-corrected chi connectivity index (χ0v) is 12.3. The quantitative estimate of drug-likeness (QED) is 0.865. The number of hydrogen-bond acceptors (Lipinski definition) is 3. The first-order valence-electron chi connectivity index (χ1n) is 6.59. The molecule has 0 aliphatic carbocycles. The van der Waals surface area contributed by atoms with Crippen molar-refractivity contribution in [1.29, 1.82) is 0 Å². The topological polar surface area (TPSA) is 33.7 Å². The third kappa shape index (κ3) is 2.03. The van der Waals surface area contributed by atoms with E-state index in [-0.39, 0.29) is 11.9 Å². The number of thiocarbonyl (C=S) groups is 1. The molecule has 2 atom stereocenters. The Bertz CT molecular complexity index is 554. The van der Waals surface area contributed by atoms with E-state index in [1.165, 1.54) is 6.07 Å². The van der Waals surface area contributed by atoms with E-state index >= 15 is 0 Å². The number of methoxy groups -OCH3 is 1. The van der Waals surface area contributed by atoms with Crippen LogP contribution in [0.25, 0.3) is 0 Å². The zero-order valence-electron chi connectivity index (χ0n) is 11.5. The van der Waals surface area contributed by atoms with Crippen molar-refractivity contribution in [3.63, 3.8) is 0 Å². The van der Waals surface area contributed by atoms with E-state index in [1.807, 2.05) is 17.9 Å². The molecular formula is C14H17FN2O2S. The summed E-state index contributed by atoms with van der Waals surface area (Å²) in [5.74, 6) is -0.0107. The van der Waals surface area contributed by atoms with Crippen molar-refractivity contribution < 1.29 is 13.9 Å². The Morgan fingerprint density at radius 2 is 2.40 bits per heavy atom. The summed E-state index contributed by atoms with van der Waals surface area (Å²) < 4.78 is 25.1. The number of nitrogens with zero attached hydrogens (tertiary/aromatic N) is 1. The maximum atomic E-state index is 14.0. The summed E-state index contributed by atoms with van der Waals surface area (Å²) in [6, 6.07) is 4.98. The third-order valence-corrected chi connectivity index (χ3v) is 4.25. The highest BCUT2D eigenvalue weighted by atomic mass is 32.1. The van der Waals surface area contributed by atoms with Gasteiger partial charge in [0.2, 0.25) is 0 Å². The molecular weight excluding hydrogens is 279 g/mol. The molecule has 1 N–H and O–H groups in total. The van der Waals surface area contributed by atoms with Crippen LogP contribution in [0.4, 0.5) is 4.39 Å². The van der Waals surface area contributed by atoms with Crippen LogP contribution in [0, 0.1) is 5.82 Å². The highest BCUT2D eigenvalue weighted by Gasteiger charge is 2.48. The summed E-state index contributed by atoms with van der Waals surface area (Å²) in [7, 11) is 1.64. The number of para-hydroxylation sites is 1. The van der Waals surface area contributed by atoms with Crippen LogP contribution in [0.15, 0.2) is 18.2 Å². The summed E-state index contributed by atoms with van der Waals surface area (Å²) >= 11 is 5.41. The molecule has 3 rings (SSSR count). The monoisotopic (exact) mass is 296 g/mol. The van der Waals surface area contributed by atoms with Crippen molar-refractivity contribution in [2.24, 2.45) is 0 Å². The smallest absolute Gasteiger partial charge is 0.184 e. The first-order chi connectivity index (χ1) is 9.55. The lowest BCUT2D eigenvalue weighted by Crippen LogP contribution is -2.65. The maximum Gasteiger partial charge on any atom is 0.184 e. The molecule has 108 valence electrons. The summed E-state index contributed by atoms with van der Waals surface area (Å²) in [6.45, 7) is 3.09. The largest absolute Gasteiger partial charge is 0.465 e. The molecule has 0 radical (unpaired) electrons. The zero-order chi connectivity index (χ0) is 14.3. The molecule has 4 nitrogen and oxygen atoms in total. The second-order valence-electron chi connectivity index (χ2n) is 5.29. The molecule has 1 fully saturated rings. The summed E-state index contributed by atoms with van der Waals surface area (Å²) in [5, 5.41) is 3.89. The number of ether oxygens (including phenoxy) is 2. The Hall–Kier alpha value is -1.40. The molecule has 2 aliphatic heterocycles. The van der Waals surface area contributed by atoms with Crippen LogP contribution in [0.2, 0.25) is 0 Å². The van der Waals surface area contributed by atoms with Gasteiger partial charge in [-0.15, -0.1) is 0 Å². The standard InChI is InChI=1S/C14H17FN2O2S/c1-14-8-11(16-13(20)17(14)6-7-18-2)9-4-3-5-10(15)12(9)19-14/h3-5,11H,6-8H2,1-2H3,(H,16,20). The normalized spacial score (nSPS) is 27.6. The van der Waals surface area contributed by atoms with Crippen molar-refractivity contribution in [3.8, 4) is 5.75 Å². The number of nitrogens with one attached hydrogen (secondary N) is 1. The second kappa shape index (κ2) is 4.86. The van der Waals surface area contributed by atoms with Gasteiger partial charge in [-0.3, -0.25) is 0 Å². The SMILES string of the molecule is COCCN1C(=S)NC2CC1(C)Oc1c(F)cccc12. The lowest BCUT2D eigenvalue weighted by Gasteiger charge is -2.52. The minimum Gasteiger partial charge on any atom is -0.465 e. The minimum absolute atomic E-state index is 0.00857. The highest BCUT2D eigenvalue weighted by Crippen LogP contribution is 2.44. The van der Waals surface area contributed by atoms with Gasteiger partial charge in [-0.1, -0.05) is 12.1 Å². The molecule has 2 unspecified atom stereocenters. The molecule has 20 heavy (non-hydrogen) atoms. The number of rotatable bonds is 3. The van der Waals surface area contributed by atoms with Gasteiger partial charge in [0.15, 0.2) is 22.4 Å². The highest BCUT2D eigenvalue weighted by molar-refractivity contribution is 7.80. The van der Waals surface area contributed by atoms with Gasteiger partial charge in [-0.25, -0.2) is 4.39 Å². The van der Waals surface area contributed by atoms with E-state index in [1.54, 1.807) is 13.2 Å². The Kier molecular flexibility index (Phi) is 3.30. The number of benzene rings is 1. The Labute approximate surface area is 122 Å². The molecule has 2 aliphatic rings. The molecule has 0 saturated carbocycles. The molecule has 1 aromatic carbocycles. The lowest BCUT2D eigenvalue weighted by atomic mass is 9.90. The lowest BCUT2D eigenvalue weighted by molar-refractivity contribution is -0.0764.